The highest BCUT2D eigenvalue weighted by molar-refractivity contribution is 5.83. The van der Waals surface area contributed by atoms with E-state index in [1.807, 2.05) is 0 Å². The molecule has 32 heavy (non-hydrogen) atoms. The highest BCUT2D eigenvalue weighted by Crippen LogP contribution is 2.40. The lowest BCUT2D eigenvalue weighted by Gasteiger charge is -2.24. The third-order valence-electron chi connectivity index (χ3n) is 5.54. The maximum atomic E-state index is 13.9. The monoisotopic (exact) mass is 450 g/mol. The number of hydrogen-bond acceptors (Lipinski definition) is 5. The number of phenolic OH excluding ortho intramolecular Hbond substituents is 1. The maximum Gasteiger partial charge on any atom is 0.453 e. The third kappa shape index (κ3) is 4.31. The van der Waals surface area contributed by atoms with Crippen molar-refractivity contribution in [2.24, 2.45) is 0 Å². The van der Waals surface area contributed by atoms with Crippen LogP contribution in [-0.2, 0) is 17.5 Å². The quantitative estimate of drug-likeness (QED) is 0.638. The second kappa shape index (κ2) is 8.48. The van der Waals surface area contributed by atoms with Gasteiger partial charge in [-0.2, -0.15) is 13.2 Å². The first kappa shape index (κ1) is 22.2. The van der Waals surface area contributed by atoms with Crippen molar-refractivity contribution in [2.75, 3.05) is 26.3 Å². The van der Waals surface area contributed by atoms with Crippen LogP contribution in [0, 0.1) is 13.8 Å². The van der Waals surface area contributed by atoms with Crippen molar-refractivity contribution < 1.29 is 37.1 Å². The topological polar surface area (TPSA) is 73.3 Å². The minimum absolute atomic E-state index is 0.0845. The summed E-state index contributed by atoms with van der Waals surface area (Å²) in [5.74, 6) is -2.54. The number of benzene rings is 2. The molecule has 1 aliphatic heterocycles. The summed E-state index contributed by atoms with van der Waals surface area (Å²) in [5.41, 5.74) is 0.267. The molecule has 0 spiro atoms. The van der Waals surface area contributed by atoms with Gasteiger partial charge in [-0.3, -0.25) is 4.79 Å². The molecule has 1 fully saturated rings. The molecule has 0 amide bonds. The summed E-state index contributed by atoms with van der Waals surface area (Å²) in [7, 11) is 0. The predicted octanol–water partition coefficient (Wildman–Crippen LogP) is 3.34. The zero-order valence-electron chi connectivity index (χ0n) is 17.6. The fourth-order valence-corrected chi connectivity index (χ4v) is 3.75. The molecule has 0 saturated carbocycles. The van der Waals surface area contributed by atoms with E-state index in [4.69, 9.17) is 13.9 Å². The van der Waals surface area contributed by atoms with Gasteiger partial charge >= 0.3 is 6.18 Å². The molecule has 3 aromatic rings. The van der Waals surface area contributed by atoms with Crippen LogP contribution in [0.1, 0.15) is 22.5 Å². The number of aryl methyl sites for hydroxylation is 2. The predicted molar refractivity (Wildman–Crippen MR) is 110 cm³/mol. The Morgan fingerprint density at radius 2 is 1.84 bits per heavy atom. The third-order valence-corrected chi connectivity index (χ3v) is 5.54. The van der Waals surface area contributed by atoms with Gasteiger partial charge in [0.1, 0.15) is 31.1 Å². The van der Waals surface area contributed by atoms with Gasteiger partial charge in [0.05, 0.1) is 24.2 Å². The molecule has 0 radical (unpaired) electrons. The Kier molecular flexibility index (Phi) is 5.87. The number of nitrogens with one attached hydrogen (secondary N) is 1. The molecule has 0 atom stereocenters. The van der Waals surface area contributed by atoms with Crippen LogP contribution in [-0.4, -0.2) is 31.4 Å². The highest BCUT2D eigenvalue weighted by Gasteiger charge is 2.41. The zero-order chi connectivity index (χ0) is 23.0. The molecule has 0 unspecified atom stereocenters. The van der Waals surface area contributed by atoms with Crippen LogP contribution in [0.5, 0.6) is 17.2 Å². The molecule has 2 N–H and O–H groups in total. The molecule has 1 saturated heterocycles. The Hall–Kier alpha value is -3.04. The van der Waals surface area contributed by atoms with Crippen LogP contribution < -0.4 is 15.1 Å². The molecule has 170 valence electrons. The van der Waals surface area contributed by atoms with Crippen LogP contribution in [0.3, 0.4) is 0 Å². The van der Waals surface area contributed by atoms with Crippen LogP contribution in [0.15, 0.2) is 39.5 Å². The van der Waals surface area contributed by atoms with Crippen molar-refractivity contribution in [1.29, 1.82) is 0 Å². The van der Waals surface area contributed by atoms with Gasteiger partial charge in [0.2, 0.25) is 11.2 Å². The van der Waals surface area contributed by atoms with Gasteiger partial charge in [-0.1, -0.05) is 12.1 Å². The van der Waals surface area contributed by atoms with Crippen molar-refractivity contribution in [3.8, 4) is 17.2 Å². The van der Waals surface area contributed by atoms with Gasteiger partial charge in [-0.25, -0.2) is 0 Å². The number of ether oxygens (including phenoxy) is 2. The van der Waals surface area contributed by atoms with Crippen LogP contribution in [0.4, 0.5) is 13.2 Å². The van der Waals surface area contributed by atoms with Crippen LogP contribution in [0.25, 0.3) is 11.0 Å². The molecule has 2 heterocycles. The van der Waals surface area contributed by atoms with Gasteiger partial charge in [0.25, 0.3) is 5.76 Å². The Labute approximate surface area is 181 Å². The smallest absolute Gasteiger partial charge is 0.453 e. The summed E-state index contributed by atoms with van der Waals surface area (Å²) >= 11 is 0. The number of fused-ring (bicyclic) bond motifs is 1. The van der Waals surface area contributed by atoms with Crippen molar-refractivity contribution in [3.63, 3.8) is 0 Å². The number of quaternary nitrogens is 1. The van der Waals surface area contributed by atoms with E-state index in [-0.39, 0.29) is 34.6 Å². The SMILES string of the molecule is Cc1ccc(C)c(Oc2c(C(F)(F)F)oc3c(C[NH+]4CCOCC4)c(O)ccc3c2=O)c1. The highest BCUT2D eigenvalue weighted by atomic mass is 19.4. The van der Waals surface area contributed by atoms with E-state index in [2.05, 4.69) is 0 Å². The van der Waals surface area contributed by atoms with Crippen molar-refractivity contribution >= 4 is 11.0 Å². The minimum Gasteiger partial charge on any atom is -0.507 e. The number of aromatic hydroxyl groups is 1. The molecule has 0 bridgehead atoms. The maximum absolute atomic E-state index is 13.9. The second-order valence-electron chi connectivity index (χ2n) is 7.94. The average molecular weight is 450 g/mol. The summed E-state index contributed by atoms with van der Waals surface area (Å²) in [5, 5.41) is 10.3. The molecule has 1 aromatic heterocycles. The molecule has 2 aromatic carbocycles. The van der Waals surface area contributed by atoms with Gasteiger partial charge in [0.15, 0.2) is 5.58 Å². The summed E-state index contributed by atoms with van der Waals surface area (Å²) < 4.78 is 57.9. The summed E-state index contributed by atoms with van der Waals surface area (Å²) in [6, 6.07) is 7.60. The van der Waals surface area contributed by atoms with Gasteiger partial charge in [-0.15, -0.1) is 0 Å². The molecule has 0 aliphatic carbocycles. The molecule has 4 rings (SSSR count). The fourth-order valence-electron chi connectivity index (χ4n) is 3.75. The Bertz CT molecular complexity index is 1210. The Morgan fingerprint density at radius 3 is 2.53 bits per heavy atom. The number of alkyl halides is 3. The van der Waals surface area contributed by atoms with E-state index in [1.165, 1.54) is 12.1 Å². The Balaban J connectivity index is 1.90. The molecule has 6 nitrogen and oxygen atoms in total. The number of morpholine rings is 1. The molecular weight excluding hydrogens is 427 g/mol. The van der Waals surface area contributed by atoms with E-state index in [1.54, 1.807) is 32.0 Å². The lowest BCUT2D eigenvalue weighted by Crippen LogP contribution is -3.12. The van der Waals surface area contributed by atoms with E-state index in [0.29, 0.717) is 31.9 Å². The lowest BCUT2D eigenvalue weighted by molar-refractivity contribution is -0.921. The van der Waals surface area contributed by atoms with Crippen molar-refractivity contribution in [2.45, 2.75) is 26.6 Å². The van der Waals surface area contributed by atoms with Crippen molar-refractivity contribution in [1.82, 2.24) is 0 Å². The number of hydrogen-bond donors (Lipinski definition) is 2. The van der Waals surface area contributed by atoms with E-state index in [0.717, 1.165) is 10.5 Å². The number of phenols is 1. The summed E-state index contributed by atoms with van der Waals surface area (Å²) in [6.45, 7) is 5.90. The molecular formula is C23H23F3NO5+. The first-order valence-electron chi connectivity index (χ1n) is 10.2. The lowest BCUT2D eigenvalue weighted by atomic mass is 10.1. The molecule has 1 aliphatic rings. The largest absolute Gasteiger partial charge is 0.507 e. The van der Waals surface area contributed by atoms with Crippen LogP contribution in [0.2, 0.25) is 0 Å². The fraction of sp³-hybridized carbons (Fsp3) is 0.348. The van der Waals surface area contributed by atoms with Gasteiger partial charge in [-0.05, 0) is 43.2 Å². The van der Waals surface area contributed by atoms with Crippen LogP contribution >= 0.6 is 0 Å². The van der Waals surface area contributed by atoms with E-state index < -0.39 is 23.1 Å². The second-order valence-corrected chi connectivity index (χ2v) is 7.94. The number of halogens is 3. The van der Waals surface area contributed by atoms with E-state index >= 15 is 0 Å². The average Bonchev–Trinajstić information content (AvgIpc) is 2.74. The molecule has 9 heteroatoms. The first-order valence-corrected chi connectivity index (χ1v) is 10.2. The van der Waals surface area contributed by atoms with E-state index in [9.17, 15) is 23.1 Å². The standard InChI is InChI=1S/C23H22F3NO5/c1-13-3-4-14(2)18(11-13)31-21-19(29)15-5-6-17(28)16(12-27-7-9-30-10-8-27)20(15)32-22(21)23(24,25)26/h3-6,11,28H,7-10,12H2,1-2H3/p+1. The van der Waals surface area contributed by atoms with Gasteiger partial charge in [0, 0.05) is 0 Å². The normalized spacial score (nSPS) is 15.3. The minimum atomic E-state index is -4.98. The first-order chi connectivity index (χ1) is 15.1. The summed E-state index contributed by atoms with van der Waals surface area (Å²) in [4.78, 5) is 14.2. The van der Waals surface area contributed by atoms with Gasteiger partial charge < -0.3 is 23.9 Å². The summed E-state index contributed by atoms with van der Waals surface area (Å²) in [6.07, 6.45) is -4.98. The van der Waals surface area contributed by atoms with Crippen molar-refractivity contribution in [3.05, 3.63) is 63.0 Å². The number of rotatable bonds is 4. The zero-order valence-corrected chi connectivity index (χ0v) is 17.6. The Morgan fingerprint density at radius 1 is 1.12 bits per heavy atom.